The number of hydrogen-bond donors (Lipinski definition) is 0. The molecular formula is C17H25FN2O. The number of likely N-dealkylation sites (tertiary alicyclic amines) is 1. The Morgan fingerprint density at radius 3 is 2.71 bits per heavy atom. The molecule has 0 spiro atoms. The maximum absolute atomic E-state index is 13.3. The molecule has 2 fully saturated rings. The van der Waals surface area contributed by atoms with Crippen LogP contribution in [-0.4, -0.2) is 55.2 Å². The molecule has 1 unspecified atom stereocenters. The highest BCUT2D eigenvalue weighted by Gasteiger charge is 2.22. The Balaban J connectivity index is 1.56. The summed E-state index contributed by atoms with van der Waals surface area (Å²) in [5, 5.41) is 0. The number of rotatable bonds is 4. The summed E-state index contributed by atoms with van der Waals surface area (Å²) < 4.78 is 19.3. The van der Waals surface area contributed by atoms with Crippen molar-refractivity contribution in [3.05, 3.63) is 35.6 Å². The third-order valence-corrected chi connectivity index (χ3v) is 4.39. The lowest BCUT2D eigenvalue weighted by molar-refractivity contribution is 0.0308. The largest absolute Gasteiger partial charge is 0.376 e. The van der Waals surface area contributed by atoms with E-state index >= 15 is 0 Å². The van der Waals surface area contributed by atoms with Crippen molar-refractivity contribution in [1.29, 1.82) is 0 Å². The van der Waals surface area contributed by atoms with Crippen molar-refractivity contribution in [2.24, 2.45) is 0 Å². The second-order valence-corrected chi connectivity index (χ2v) is 6.22. The molecule has 0 bridgehead atoms. The molecule has 1 aromatic rings. The van der Waals surface area contributed by atoms with E-state index in [4.69, 9.17) is 4.74 Å². The van der Waals surface area contributed by atoms with Gasteiger partial charge < -0.3 is 9.64 Å². The maximum Gasteiger partial charge on any atom is 0.123 e. The molecule has 2 saturated heterocycles. The highest BCUT2D eigenvalue weighted by atomic mass is 19.1. The fraction of sp³-hybridized carbons (Fsp3) is 0.647. The Morgan fingerprint density at radius 2 is 1.90 bits per heavy atom. The zero-order valence-corrected chi connectivity index (χ0v) is 12.6. The second-order valence-electron chi connectivity index (χ2n) is 6.22. The Hall–Kier alpha value is -0.970. The molecule has 0 saturated carbocycles. The van der Waals surface area contributed by atoms with E-state index in [0.717, 1.165) is 44.8 Å². The minimum Gasteiger partial charge on any atom is -0.376 e. The fourth-order valence-electron chi connectivity index (χ4n) is 3.37. The molecule has 0 aromatic heterocycles. The molecule has 3 rings (SSSR count). The molecule has 21 heavy (non-hydrogen) atoms. The lowest BCUT2D eigenvalue weighted by Gasteiger charge is -2.27. The van der Waals surface area contributed by atoms with Gasteiger partial charge in [-0.05, 0) is 50.0 Å². The van der Waals surface area contributed by atoms with E-state index in [0.29, 0.717) is 6.10 Å². The van der Waals surface area contributed by atoms with Gasteiger partial charge in [0.1, 0.15) is 5.82 Å². The van der Waals surface area contributed by atoms with Gasteiger partial charge in [-0.25, -0.2) is 4.39 Å². The van der Waals surface area contributed by atoms with Crippen molar-refractivity contribution in [3.8, 4) is 0 Å². The van der Waals surface area contributed by atoms with Gasteiger partial charge in [-0.15, -0.1) is 0 Å². The molecule has 1 aromatic carbocycles. The Bertz CT molecular complexity index is 448. The van der Waals surface area contributed by atoms with E-state index in [1.807, 2.05) is 6.07 Å². The Morgan fingerprint density at radius 1 is 1.10 bits per heavy atom. The molecule has 0 amide bonds. The molecule has 4 heteroatoms. The zero-order chi connectivity index (χ0) is 14.5. The van der Waals surface area contributed by atoms with Crippen LogP contribution in [0.3, 0.4) is 0 Å². The van der Waals surface area contributed by atoms with E-state index < -0.39 is 0 Å². The van der Waals surface area contributed by atoms with Crippen molar-refractivity contribution >= 4 is 0 Å². The van der Waals surface area contributed by atoms with E-state index in [1.54, 1.807) is 12.1 Å². The van der Waals surface area contributed by atoms with E-state index in [9.17, 15) is 4.39 Å². The standard InChI is InChI=1S/C17H25FN2O/c18-16-6-3-5-15(11-16)12-20-9-4-10-21-17(14-20)13-19-7-1-2-8-19/h3,5-6,11,17H,1-2,4,7-10,12-14H2. The van der Waals surface area contributed by atoms with Gasteiger partial charge in [0.05, 0.1) is 6.10 Å². The van der Waals surface area contributed by atoms with Gasteiger partial charge in [0.2, 0.25) is 0 Å². The summed E-state index contributed by atoms with van der Waals surface area (Å²) in [5.74, 6) is -0.146. The van der Waals surface area contributed by atoms with Crippen LogP contribution in [0.25, 0.3) is 0 Å². The first-order valence-electron chi connectivity index (χ1n) is 8.10. The van der Waals surface area contributed by atoms with E-state index in [1.165, 1.54) is 32.0 Å². The van der Waals surface area contributed by atoms with Crippen molar-refractivity contribution in [3.63, 3.8) is 0 Å². The minimum absolute atomic E-state index is 0.146. The summed E-state index contributed by atoms with van der Waals surface area (Å²) in [7, 11) is 0. The van der Waals surface area contributed by atoms with Gasteiger partial charge in [0.15, 0.2) is 0 Å². The quantitative estimate of drug-likeness (QED) is 0.848. The van der Waals surface area contributed by atoms with Gasteiger partial charge in [0, 0.05) is 32.8 Å². The molecule has 116 valence electrons. The van der Waals surface area contributed by atoms with Crippen molar-refractivity contribution in [1.82, 2.24) is 9.80 Å². The SMILES string of the molecule is Fc1cccc(CN2CCCOC(CN3CCCC3)C2)c1. The van der Waals surface area contributed by atoms with Crippen molar-refractivity contribution < 1.29 is 9.13 Å². The Labute approximate surface area is 126 Å². The van der Waals surface area contributed by atoms with Gasteiger partial charge in [-0.1, -0.05) is 12.1 Å². The molecular weight excluding hydrogens is 267 g/mol. The molecule has 0 radical (unpaired) electrons. The molecule has 2 heterocycles. The topological polar surface area (TPSA) is 15.7 Å². The fourth-order valence-corrected chi connectivity index (χ4v) is 3.37. The summed E-state index contributed by atoms with van der Waals surface area (Å²) >= 11 is 0. The normalized spacial score (nSPS) is 25.1. The Kier molecular flexibility index (Phi) is 5.22. The van der Waals surface area contributed by atoms with Gasteiger partial charge in [-0.2, -0.15) is 0 Å². The average molecular weight is 292 g/mol. The van der Waals surface area contributed by atoms with Crippen LogP contribution >= 0.6 is 0 Å². The van der Waals surface area contributed by atoms with Crippen LogP contribution in [0.15, 0.2) is 24.3 Å². The van der Waals surface area contributed by atoms with E-state index in [-0.39, 0.29) is 5.82 Å². The first-order valence-corrected chi connectivity index (χ1v) is 8.10. The molecule has 2 aliphatic rings. The summed E-state index contributed by atoms with van der Waals surface area (Å²) in [4.78, 5) is 4.92. The number of hydrogen-bond acceptors (Lipinski definition) is 3. The first-order chi connectivity index (χ1) is 10.3. The molecule has 1 atom stereocenters. The molecule has 2 aliphatic heterocycles. The van der Waals surface area contributed by atoms with Crippen LogP contribution in [-0.2, 0) is 11.3 Å². The predicted molar refractivity (Wildman–Crippen MR) is 81.7 cm³/mol. The van der Waals surface area contributed by atoms with E-state index in [2.05, 4.69) is 9.80 Å². The summed E-state index contributed by atoms with van der Waals surface area (Å²) in [5.41, 5.74) is 1.05. The molecule has 3 nitrogen and oxygen atoms in total. The van der Waals surface area contributed by atoms with Crippen LogP contribution in [0, 0.1) is 5.82 Å². The lowest BCUT2D eigenvalue weighted by Crippen LogP contribution is -2.39. The number of nitrogens with zero attached hydrogens (tertiary/aromatic N) is 2. The lowest BCUT2D eigenvalue weighted by atomic mass is 10.2. The third-order valence-electron chi connectivity index (χ3n) is 4.39. The van der Waals surface area contributed by atoms with Crippen LogP contribution in [0.4, 0.5) is 4.39 Å². The number of ether oxygens (including phenoxy) is 1. The second kappa shape index (κ2) is 7.34. The minimum atomic E-state index is -0.146. The summed E-state index contributed by atoms with van der Waals surface area (Å²) in [6.07, 6.45) is 3.99. The number of halogens is 1. The predicted octanol–water partition coefficient (Wildman–Crippen LogP) is 2.51. The zero-order valence-electron chi connectivity index (χ0n) is 12.6. The van der Waals surface area contributed by atoms with Crippen LogP contribution < -0.4 is 0 Å². The van der Waals surface area contributed by atoms with Gasteiger partial charge in [0.25, 0.3) is 0 Å². The van der Waals surface area contributed by atoms with Gasteiger partial charge >= 0.3 is 0 Å². The third kappa shape index (κ3) is 4.50. The highest BCUT2D eigenvalue weighted by Crippen LogP contribution is 2.15. The monoisotopic (exact) mass is 292 g/mol. The van der Waals surface area contributed by atoms with Crippen molar-refractivity contribution in [2.45, 2.75) is 31.9 Å². The van der Waals surface area contributed by atoms with Crippen LogP contribution in [0.2, 0.25) is 0 Å². The smallest absolute Gasteiger partial charge is 0.123 e. The maximum atomic E-state index is 13.3. The molecule has 0 N–H and O–H groups in total. The van der Waals surface area contributed by atoms with Crippen LogP contribution in [0.1, 0.15) is 24.8 Å². The highest BCUT2D eigenvalue weighted by molar-refractivity contribution is 5.16. The van der Waals surface area contributed by atoms with Gasteiger partial charge in [-0.3, -0.25) is 4.90 Å². The first kappa shape index (κ1) is 14.9. The summed E-state index contributed by atoms with van der Waals surface area (Å²) in [6, 6.07) is 6.94. The summed E-state index contributed by atoms with van der Waals surface area (Å²) in [6.45, 7) is 7.11. The molecule has 0 aliphatic carbocycles. The van der Waals surface area contributed by atoms with Crippen LogP contribution in [0.5, 0.6) is 0 Å². The van der Waals surface area contributed by atoms with Crippen molar-refractivity contribution in [2.75, 3.05) is 39.3 Å². The number of benzene rings is 1. The average Bonchev–Trinajstić information content (AvgIpc) is 2.86.